The summed E-state index contributed by atoms with van der Waals surface area (Å²) in [5.74, 6) is 2.67. The number of rotatable bonds is 12. The molecule has 0 spiro atoms. The van der Waals surface area contributed by atoms with Gasteiger partial charge in [-0.2, -0.15) is 0 Å². The zero-order chi connectivity index (χ0) is 22.0. The molecule has 31 heavy (non-hydrogen) atoms. The van der Waals surface area contributed by atoms with Crippen molar-refractivity contribution in [1.29, 1.82) is 0 Å². The fourth-order valence-corrected chi connectivity index (χ4v) is 4.06. The lowest BCUT2D eigenvalue weighted by Gasteiger charge is -2.25. The molecule has 1 aromatic carbocycles. The molecular weight excluding hydrogens is 535 g/mol. The number of hydrogen-bond acceptors (Lipinski definition) is 6. The normalized spacial score (nSPS) is 14.3. The van der Waals surface area contributed by atoms with E-state index in [9.17, 15) is 8.42 Å². The first kappa shape index (κ1) is 27.6. The minimum absolute atomic E-state index is 0. The standard InChI is InChI=1S/C20H34N4O5S.HI/c1-5-21-20(22-9-10-30(25,26)24-14-15-7-6-8-15)23-13-16-11-17(27-2)19(29-4)18(12-16)28-3;/h11-12,15,24H,5-10,13-14H2,1-4H3,(H2,21,22,23);1H. The maximum Gasteiger partial charge on any atom is 0.213 e. The first-order chi connectivity index (χ1) is 14.4. The molecule has 178 valence electrons. The van der Waals surface area contributed by atoms with Gasteiger partial charge in [0.1, 0.15) is 0 Å². The molecule has 0 radical (unpaired) electrons. The molecule has 0 atom stereocenters. The summed E-state index contributed by atoms with van der Waals surface area (Å²) in [6, 6.07) is 3.67. The van der Waals surface area contributed by atoms with Crippen LogP contribution in [0.25, 0.3) is 0 Å². The van der Waals surface area contributed by atoms with Crippen molar-refractivity contribution in [3.05, 3.63) is 17.7 Å². The molecule has 9 nitrogen and oxygen atoms in total. The molecule has 0 bridgehead atoms. The number of nitrogens with zero attached hydrogens (tertiary/aromatic N) is 1. The van der Waals surface area contributed by atoms with E-state index in [0.29, 0.717) is 48.8 Å². The maximum absolute atomic E-state index is 12.1. The Morgan fingerprint density at radius 2 is 1.74 bits per heavy atom. The Morgan fingerprint density at radius 1 is 1.10 bits per heavy atom. The van der Waals surface area contributed by atoms with Crippen molar-refractivity contribution in [2.45, 2.75) is 32.7 Å². The van der Waals surface area contributed by atoms with Crippen molar-refractivity contribution < 1.29 is 22.6 Å². The number of sulfonamides is 1. The van der Waals surface area contributed by atoms with E-state index in [1.165, 1.54) is 6.42 Å². The molecule has 1 saturated carbocycles. The van der Waals surface area contributed by atoms with E-state index < -0.39 is 10.0 Å². The van der Waals surface area contributed by atoms with Crippen molar-refractivity contribution in [2.75, 3.05) is 46.7 Å². The highest BCUT2D eigenvalue weighted by molar-refractivity contribution is 14.0. The summed E-state index contributed by atoms with van der Waals surface area (Å²) in [5, 5.41) is 6.20. The zero-order valence-electron chi connectivity index (χ0n) is 18.7. The highest BCUT2D eigenvalue weighted by atomic mass is 127. The van der Waals surface area contributed by atoms with Gasteiger partial charge in [-0.1, -0.05) is 6.42 Å². The Bertz CT molecular complexity index is 791. The highest BCUT2D eigenvalue weighted by Gasteiger charge is 2.20. The lowest BCUT2D eigenvalue weighted by atomic mass is 9.86. The minimum Gasteiger partial charge on any atom is -0.493 e. The molecule has 0 aliphatic heterocycles. The summed E-state index contributed by atoms with van der Waals surface area (Å²) in [6.07, 6.45) is 3.42. The van der Waals surface area contributed by atoms with Crippen LogP contribution in [0.5, 0.6) is 17.2 Å². The lowest BCUT2D eigenvalue weighted by molar-refractivity contribution is 0.316. The average Bonchev–Trinajstić information content (AvgIpc) is 2.69. The van der Waals surface area contributed by atoms with E-state index in [2.05, 4.69) is 20.3 Å². The second-order valence-electron chi connectivity index (χ2n) is 7.12. The molecule has 0 aromatic heterocycles. The monoisotopic (exact) mass is 570 g/mol. The van der Waals surface area contributed by atoms with Crippen molar-refractivity contribution in [2.24, 2.45) is 10.9 Å². The number of hydrogen-bond donors (Lipinski definition) is 3. The molecule has 0 amide bonds. The van der Waals surface area contributed by atoms with Crippen molar-refractivity contribution in [3.8, 4) is 17.2 Å². The van der Waals surface area contributed by atoms with E-state index >= 15 is 0 Å². The Hall–Kier alpha value is -1.47. The minimum atomic E-state index is -3.30. The largest absolute Gasteiger partial charge is 0.493 e. The SMILES string of the molecule is CCNC(=NCc1cc(OC)c(OC)c(OC)c1)NCCS(=O)(=O)NCC1CCC1.I. The van der Waals surface area contributed by atoms with Gasteiger partial charge in [-0.05, 0) is 43.4 Å². The first-order valence-electron chi connectivity index (χ1n) is 10.2. The van der Waals surface area contributed by atoms with Crippen LogP contribution in [0.1, 0.15) is 31.7 Å². The Morgan fingerprint density at radius 3 is 2.23 bits per heavy atom. The molecule has 1 aliphatic carbocycles. The number of halogens is 1. The van der Waals surface area contributed by atoms with Gasteiger partial charge in [0.25, 0.3) is 0 Å². The van der Waals surface area contributed by atoms with Crippen LogP contribution in [0.2, 0.25) is 0 Å². The predicted molar refractivity (Wildman–Crippen MR) is 133 cm³/mol. The van der Waals surface area contributed by atoms with E-state index in [1.54, 1.807) is 21.3 Å². The van der Waals surface area contributed by atoms with Gasteiger partial charge in [0.15, 0.2) is 17.5 Å². The van der Waals surface area contributed by atoms with E-state index in [-0.39, 0.29) is 36.3 Å². The summed E-state index contributed by atoms with van der Waals surface area (Å²) in [5.41, 5.74) is 0.872. The van der Waals surface area contributed by atoms with Crippen LogP contribution in [0.3, 0.4) is 0 Å². The number of benzene rings is 1. The molecule has 2 rings (SSSR count). The Balaban J connectivity index is 0.00000480. The van der Waals surface area contributed by atoms with Gasteiger partial charge in [0.05, 0.1) is 33.6 Å². The maximum atomic E-state index is 12.1. The van der Waals surface area contributed by atoms with Crippen LogP contribution < -0.4 is 29.6 Å². The van der Waals surface area contributed by atoms with Gasteiger partial charge in [0.2, 0.25) is 15.8 Å². The third-order valence-corrected chi connectivity index (χ3v) is 6.32. The van der Waals surface area contributed by atoms with Crippen LogP contribution in [-0.2, 0) is 16.6 Å². The summed E-state index contributed by atoms with van der Waals surface area (Å²) in [6.45, 7) is 3.78. The lowest BCUT2D eigenvalue weighted by Crippen LogP contribution is -2.42. The van der Waals surface area contributed by atoms with Crippen molar-refractivity contribution in [1.82, 2.24) is 15.4 Å². The van der Waals surface area contributed by atoms with Gasteiger partial charge in [0, 0.05) is 19.6 Å². The summed E-state index contributed by atoms with van der Waals surface area (Å²) in [4.78, 5) is 4.53. The number of methoxy groups -OCH3 is 3. The summed E-state index contributed by atoms with van der Waals surface area (Å²) in [7, 11) is 1.39. The third-order valence-electron chi connectivity index (χ3n) is 4.97. The van der Waals surface area contributed by atoms with Gasteiger partial charge in [-0.15, -0.1) is 24.0 Å². The third kappa shape index (κ3) is 8.89. The summed E-state index contributed by atoms with van der Waals surface area (Å²) < 4.78 is 43.1. The molecule has 0 unspecified atom stereocenters. The van der Waals surface area contributed by atoms with Gasteiger partial charge < -0.3 is 24.8 Å². The highest BCUT2D eigenvalue weighted by Crippen LogP contribution is 2.38. The molecule has 0 saturated heterocycles. The number of nitrogens with one attached hydrogen (secondary N) is 3. The molecule has 1 aromatic rings. The molecule has 0 heterocycles. The zero-order valence-corrected chi connectivity index (χ0v) is 21.8. The van der Waals surface area contributed by atoms with Crippen LogP contribution >= 0.6 is 24.0 Å². The quantitative estimate of drug-likeness (QED) is 0.201. The first-order valence-corrected chi connectivity index (χ1v) is 11.9. The number of aliphatic imine (C=N–C) groups is 1. The van der Waals surface area contributed by atoms with Crippen molar-refractivity contribution in [3.63, 3.8) is 0 Å². The topological polar surface area (TPSA) is 110 Å². The molecular formula is C20H35IN4O5S. The molecule has 11 heteroatoms. The van der Waals surface area contributed by atoms with Crippen LogP contribution in [0.15, 0.2) is 17.1 Å². The van der Waals surface area contributed by atoms with E-state index in [0.717, 1.165) is 18.4 Å². The van der Waals surface area contributed by atoms with Crippen molar-refractivity contribution >= 4 is 40.0 Å². The van der Waals surface area contributed by atoms with E-state index in [4.69, 9.17) is 14.2 Å². The van der Waals surface area contributed by atoms with Gasteiger partial charge in [-0.3, -0.25) is 0 Å². The van der Waals surface area contributed by atoms with Gasteiger partial charge in [-0.25, -0.2) is 18.1 Å². The predicted octanol–water partition coefficient (Wildman–Crippen LogP) is 2.10. The Labute approximate surface area is 202 Å². The van der Waals surface area contributed by atoms with Crippen LogP contribution in [-0.4, -0.2) is 61.1 Å². The second kappa shape index (κ2) is 13.8. The van der Waals surface area contributed by atoms with Crippen LogP contribution in [0, 0.1) is 5.92 Å². The van der Waals surface area contributed by atoms with E-state index in [1.807, 2.05) is 19.1 Å². The average molecular weight is 570 g/mol. The number of ether oxygens (including phenoxy) is 3. The molecule has 1 aliphatic rings. The second-order valence-corrected chi connectivity index (χ2v) is 9.05. The fraction of sp³-hybridized carbons (Fsp3) is 0.650. The fourth-order valence-electron chi connectivity index (χ4n) is 3.06. The summed E-state index contributed by atoms with van der Waals surface area (Å²) >= 11 is 0. The number of guanidine groups is 1. The van der Waals surface area contributed by atoms with Crippen LogP contribution in [0.4, 0.5) is 0 Å². The smallest absolute Gasteiger partial charge is 0.213 e. The molecule has 1 fully saturated rings. The molecule has 3 N–H and O–H groups in total. The van der Waals surface area contributed by atoms with Gasteiger partial charge >= 0.3 is 0 Å². The Kier molecular flexibility index (Phi) is 12.3.